The van der Waals surface area contributed by atoms with E-state index in [2.05, 4.69) is 21.2 Å². The third-order valence-corrected chi connectivity index (χ3v) is 3.84. The number of nitrogens with one attached hydrogen (secondary N) is 1. The van der Waals surface area contributed by atoms with Crippen molar-refractivity contribution in [1.29, 1.82) is 0 Å². The average Bonchev–Trinajstić information content (AvgIpc) is 2.55. The number of rotatable bonds is 6. The number of amides is 1. The number of anilines is 1. The molecular weight excluding hydrogens is 360 g/mol. The van der Waals surface area contributed by atoms with Crippen molar-refractivity contribution in [2.75, 3.05) is 11.9 Å². The van der Waals surface area contributed by atoms with Crippen LogP contribution < -0.4 is 15.6 Å². The van der Waals surface area contributed by atoms with Crippen molar-refractivity contribution in [3.63, 3.8) is 0 Å². The molecule has 1 aromatic carbocycles. The van der Waals surface area contributed by atoms with Crippen LogP contribution in [0.3, 0.4) is 0 Å². The first-order chi connectivity index (χ1) is 11.0. The molecule has 0 spiro atoms. The van der Waals surface area contributed by atoms with E-state index in [1.54, 1.807) is 37.4 Å². The number of carbonyl (C=O) groups excluding carboxylic acids is 1. The SMILES string of the molecule is CCCOc1cccn(C(C)C(=O)Nc2ccc(Br)cc2)c1=O. The number of benzene rings is 1. The highest BCUT2D eigenvalue weighted by Gasteiger charge is 2.17. The standard InChI is InChI=1S/C17H19BrN2O3/c1-3-11-23-15-5-4-10-20(17(15)22)12(2)16(21)19-14-8-6-13(18)7-9-14/h4-10,12H,3,11H2,1-2H3,(H,19,21). The maximum Gasteiger partial charge on any atom is 0.293 e. The summed E-state index contributed by atoms with van der Waals surface area (Å²) >= 11 is 3.34. The molecule has 1 unspecified atom stereocenters. The Bertz CT molecular complexity index is 725. The number of hydrogen-bond donors (Lipinski definition) is 1. The fourth-order valence-corrected chi connectivity index (χ4v) is 2.29. The molecule has 1 atom stereocenters. The molecule has 1 aromatic heterocycles. The molecule has 5 nitrogen and oxygen atoms in total. The van der Waals surface area contributed by atoms with Crippen molar-refractivity contribution in [2.45, 2.75) is 26.3 Å². The van der Waals surface area contributed by atoms with Gasteiger partial charge in [-0.05, 0) is 49.7 Å². The van der Waals surface area contributed by atoms with Gasteiger partial charge in [-0.1, -0.05) is 22.9 Å². The molecule has 2 rings (SSSR count). The lowest BCUT2D eigenvalue weighted by molar-refractivity contribution is -0.118. The summed E-state index contributed by atoms with van der Waals surface area (Å²) in [4.78, 5) is 24.7. The van der Waals surface area contributed by atoms with Gasteiger partial charge >= 0.3 is 0 Å². The van der Waals surface area contributed by atoms with Crippen LogP contribution in [0.15, 0.2) is 51.9 Å². The van der Waals surface area contributed by atoms with Crippen LogP contribution in [0, 0.1) is 0 Å². The zero-order chi connectivity index (χ0) is 16.8. The quantitative estimate of drug-likeness (QED) is 0.835. The Morgan fingerprint density at radius 3 is 2.65 bits per heavy atom. The highest BCUT2D eigenvalue weighted by atomic mass is 79.9. The highest BCUT2D eigenvalue weighted by molar-refractivity contribution is 9.10. The van der Waals surface area contributed by atoms with Crippen molar-refractivity contribution >= 4 is 27.5 Å². The maximum absolute atomic E-state index is 12.4. The van der Waals surface area contributed by atoms with Crippen LogP contribution in [0.2, 0.25) is 0 Å². The summed E-state index contributed by atoms with van der Waals surface area (Å²) in [5, 5.41) is 2.80. The summed E-state index contributed by atoms with van der Waals surface area (Å²) in [7, 11) is 0. The minimum absolute atomic E-state index is 0.262. The molecular formula is C17H19BrN2O3. The molecule has 6 heteroatoms. The second-order valence-electron chi connectivity index (χ2n) is 5.11. The molecule has 0 bridgehead atoms. The number of ether oxygens (including phenoxy) is 1. The Kier molecular flexibility index (Phi) is 5.98. The molecule has 0 aliphatic carbocycles. The summed E-state index contributed by atoms with van der Waals surface area (Å²) in [5.41, 5.74) is 0.371. The fraction of sp³-hybridized carbons (Fsp3) is 0.294. The van der Waals surface area contributed by atoms with Crippen molar-refractivity contribution in [3.8, 4) is 5.75 Å². The third-order valence-electron chi connectivity index (χ3n) is 3.31. The van der Waals surface area contributed by atoms with Gasteiger partial charge in [-0.2, -0.15) is 0 Å². The van der Waals surface area contributed by atoms with Gasteiger partial charge in [0.25, 0.3) is 5.56 Å². The van der Waals surface area contributed by atoms with Gasteiger partial charge in [0.15, 0.2) is 5.75 Å². The zero-order valence-corrected chi connectivity index (χ0v) is 14.7. The van der Waals surface area contributed by atoms with E-state index in [4.69, 9.17) is 4.74 Å². The normalized spacial score (nSPS) is 11.8. The minimum atomic E-state index is -0.642. The number of aromatic nitrogens is 1. The van der Waals surface area contributed by atoms with Crippen molar-refractivity contribution in [3.05, 3.63) is 57.4 Å². The van der Waals surface area contributed by atoms with Crippen LogP contribution in [0.1, 0.15) is 26.3 Å². The van der Waals surface area contributed by atoms with Gasteiger partial charge in [0, 0.05) is 16.4 Å². The van der Waals surface area contributed by atoms with Crippen LogP contribution in [0.5, 0.6) is 5.75 Å². The first-order valence-electron chi connectivity index (χ1n) is 7.43. The first kappa shape index (κ1) is 17.3. The monoisotopic (exact) mass is 378 g/mol. The molecule has 0 saturated heterocycles. The highest BCUT2D eigenvalue weighted by Crippen LogP contribution is 2.16. The zero-order valence-electron chi connectivity index (χ0n) is 13.1. The smallest absolute Gasteiger partial charge is 0.293 e. The maximum atomic E-state index is 12.4. The van der Waals surface area contributed by atoms with E-state index in [0.29, 0.717) is 12.3 Å². The largest absolute Gasteiger partial charge is 0.488 e. The lowest BCUT2D eigenvalue weighted by Gasteiger charge is -2.16. The second kappa shape index (κ2) is 7.97. The van der Waals surface area contributed by atoms with E-state index in [0.717, 1.165) is 10.9 Å². The lowest BCUT2D eigenvalue weighted by Crippen LogP contribution is -2.31. The molecule has 2 aromatic rings. The van der Waals surface area contributed by atoms with Gasteiger partial charge in [-0.3, -0.25) is 9.59 Å². The van der Waals surface area contributed by atoms with Gasteiger partial charge in [0.1, 0.15) is 6.04 Å². The number of hydrogen-bond acceptors (Lipinski definition) is 3. The fourth-order valence-electron chi connectivity index (χ4n) is 2.02. The summed E-state index contributed by atoms with van der Waals surface area (Å²) in [6, 6.07) is 9.94. The van der Waals surface area contributed by atoms with Gasteiger partial charge in [-0.25, -0.2) is 0 Å². The predicted molar refractivity (Wildman–Crippen MR) is 94.0 cm³/mol. The summed E-state index contributed by atoms with van der Waals surface area (Å²) in [6.45, 7) is 4.12. The Labute approximate surface area is 143 Å². The van der Waals surface area contributed by atoms with Crippen LogP contribution in [-0.4, -0.2) is 17.1 Å². The van der Waals surface area contributed by atoms with E-state index in [-0.39, 0.29) is 17.2 Å². The van der Waals surface area contributed by atoms with Crippen molar-refractivity contribution in [1.82, 2.24) is 4.57 Å². The number of nitrogens with zero attached hydrogens (tertiary/aromatic N) is 1. The first-order valence-corrected chi connectivity index (χ1v) is 8.22. The lowest BCUT2D eigenvalue weighted by atomic mass is 10.2. The minimum Gasteiger partial charge on any atom is -0.488 e. The molecule has 0 fully saturated rings. The molecule has 1 amide bonds. The molecule has 0 radical (unpaired) electrons. The van der Waals surface area contributed by atoms with Crippen molar-refractivity contribution < 1.29 is 9.53 Å². The summed E-state index contributed by atoms with van der Waals surface area (Å²) < 4.78 is 7.72. The number of carbonyl (C=O) groups is 1. The Morgan fingerprint density at radius 2 is 2.00 bits per heavy atom. The van der Waals surface area contributed by atoms with E-state index in [9.17, 15) is 9.59 Å². The van der Waals surface area contributed by atoms with Gasteiger partial charge in [0.05, 0.1) is 6.61 Å². The third kappa shape index (κ3) is 4.45. The van der Waals surface area contributed by atoms with E-state index in [1.165, 1.54) is 4.57 Å². The van der Waals surface area contributed by atoms with E-state index >= 15 is 0 Å². The van der Waals surface area contributed by atoms with Gasteiger partial charge in [0.2, 0.25) is 5.91 Å². The van der Waals surface area contributed by atoms with Crippen LogP contribution >= 0.6 is 15.9 Å². The molecule has 0 aliphatic heterocycles. The van der Waals surface area contributed by atoms with E-state index < -0.39 is 6.04 Å². The topological polar surface area (TPSA) is 60.3 Å². The summed E-state index contributed by atoms with van der Waals surface area (Å²) in [5.74, 6) is -0.000273. The van der Waals surface area contributed by atoms with Gasteiger partial charge in [-0.15, -0.1) is 0 Å². The molecule has 0 aliphatic rings. The Morgan fingerprint density at radius 1 is 1.30 bits per heavy atom. The van der Waals surface area contributed by atoms with E-state index in [1.807, 2.05) is 19.1 Å². The van der Waals surface area contributed by atoms with Crippen LogP contribution in [-0.2, 0) is 4.79 Å². The average molecular weight is 379 g/mol. The van der Waals surface area contributed by atoms with Crippen LogP contribution in [0.4, 0.5) is 5.69 Å². The Hall–Kier alpha value is -2.08. The van der Waals surface area contributed by atoms with Gasteiger partial charge < -0.3 is 14.6 Å². The predicted octanol–water partition coefficient (Wildman–Crippen LogP) is 3.60. The van der Waals surface area contributed by atoms with Crippen molar-refractivity contribution in [2.24, 2.45) is 0 Å². The molecule has 1 heterocycles. The number of halogens is 1. The second-order valence-corrected chi connectivity index (χ2v) is 6.02. The molecule has 0 saturated carbocycles. The summed E-state index contributed by atoms with van der Waals surface area (Å²) in [6.07, 6.45) is 2.40. The number of pyridine rings is 1. The Balaban J connectivity index is 2.16. The molecule has 1 N–H and O–H groups in total. The molecule has 23 heavy (non-hydrogen) atoms. The van der Waals surface area contributed by atoms with Crippen LogP contribution in [0.25, 0.3) is 0 Å². The molecule has 122 valence electrons.